The summed E-state index contributed by atoms with van der Waals surface area (Å²) in [5, 5.41) is 21.3. The van der Waals surface area contributed by atoms with Crippen LogP contribution in [0.5, 0.6) is 17.2 Å². The predicted molar refractivity (Wildman–Crippen MR) is 111 cm³/mol. The molecular weight excluding hydrogens is 424 g/mol. The predicted octanol–water partition coefficient (Wildman–Crippen LogP) is 4.89. The zero-order chi connectivity index (χ0) is 20.7. The molecule has 0 radical (unpaired) electrons. The molecule has 0 aromatic heterocycles. The number of hydrogen-bond donors (Lipinski definition) is 2. The first kappa shape index (κ1) is 21.3. The van der Waals surface area contributed by atoms with Crippen LogP contribution in [0.2, 0.25) is 0 Å². The number of carbonyl (C=O) groups excluding carboxylic acids is 1. The number of carbonyl (C=O) groups is 1. The van der Waals surface area contributed by atoms with Gasteiger partial charge in [0.25, 0.3) is 5.91 Å². The number of phenols is 1. The number of amides is 1. The average molecular weight is 445 g/mol. The van der Waals surface area contributed by atoms with Crippen molar-refractivity contribution in [3.05, 3.63) is 52.0 Å². The molecule has 6 nitrogen and oxygen atoms in total. The van der Waals surface area contributed by atoms with Crippen LogP contribution in [0, 0.1) is 11.3 Å². The van der Waals surface area contributed by atoms with Crippen molar-refractivity contribution in [1.82, 2.24) is 0 Å². The van der Waals surface area contributed by atoms with Crippen LogP contribution in [-0.2, 0) is 4.79 Å². The molecule has 0 heterocycles. The summed E-state index contributed by atoms with van der Waals surface area (Å²) >= 11 is 3.46. The van der Waals surface area contributed by atoms with E-state index in [2.05, 4.69) is 21.2 Å². The lowest BCUT2D eigenvalue weighted by molar-refractivity contribution is -0.112. The van der Waals surface area contributed by atoms with Gasteiger partial charge in [-0.15, -0.1) is 0 Å². The second kappa shape index (κ2) is 9.81. The Morgan fingerprint density at radius 3 is 2.57 bits per heavy atom. The van der Waals surface area contributed by atoms with Crippen LogP contribution < -0.4 is 14.8 Å². The summed E-state index contributed by atoms with van der Waals surface area (Å²) in [6.07, 6.45) is 1.44. The summed E-state index contributed by atoms with van der Waals surface area (Å²) in [4.78, 5) is 12.4. The van der Waals surface area contributed by atoms with E-state index in [9.17, 15) is 15.2 Å². The maximum absolute atomic E-state index is 12.4. The monoisotopic (exact) mass is 444 g/mol. The summed E-state index contributed by atoms with van der Waals surface area (Å²) in [6, 6.07) is 11.4. The standard InChI is InChI=1S/C21H21BrN2O4/c1-4-27-19-11-14(10-18(22)20(19)28-13(2)3)9-15(12-23)21(26)24-16-5-7-17(25)8-6-16/h5-11,13,25H,4H2,1-3H3,(H,24,26)/b15-9+. The molecule has 0 bridgehead atoms. The third-order valence-corrected chi connectivity index (χ3v) is 4.08. The second-order valence-electron chi connectivity index (χ2n) is 6.10. The van der Waals surface area contributed by atoms with Gasteiger partial charge in [0.15, 0.2) is 11.5 Å². The number of hydrogen-bond acceptors (Lipinski definition) is 5. The first-order valence-electron chi connectivity index (χ1n) is 8.69. The second-order valence-corrected chi connectivity index (χ2v) is 6.95. The van der Waals surface area contributed by atoms with Crippen molar-refractivity contribution in [3.8, 4) is 23.3 Å². The molecular formula is C21H21BrN2O4. The quantitative estimate of drug-likeness (QED) is 0.360. The van der Waals surface area contributed by atoms with Crippen molar-refractivity contribution in [2.45, 2.75) is 26.9 Å². The number of nitriles is 1. The lowest BCUT2D eigenvalue weighted by Gasteiger charge is -2.17. The number of halogens is 1. The van der Waals surface area contributed by atoms with Crippen molar-refractivity contribution in [2.75, 3.05) is 11.9 Å². The minimum absolute atomic E-state index is 0.0392. The highest BCUT2D eigenvalue weighted by atomic mass is 79.9. The van der Waals surface area contributed by atoms with Crippen LogP contribution in [0.15, 0.2) is 46.4 Å². The molecule has 0 unspecified atom stereocenters. The SMILES string of the molecule is CCOc1cc(/C=C(\C#N)C(=O)Nc2ccc(O)cc2)cc(Br)c1OC(C)C. The Balaban J connectivity index is 2.33. The van der Waals surface area contributed by atoms with Crippen molar-refractivity contribution in [2.24, 2.45) is 0 Å². The number of ether oxygens (including phenoxy) is 2. The van der Waals surface area contributed by atoms with Gasteiger partial charge in [-0.3, -0.25) is 4.79 Å². The molecule has 2 aromatic rings. The largest absolute Gasteiger partial charge is 0.508 e. The number of aromatic hydroxyl groups is 1. The van der Waals surface area contributed by atoms with Crippen LogP contribution in [0.1, 0.15) is 26.3 Å². The first-order chi connectivity index (χ1) is 13.3. The van der Waals surface area contributed by atoms with Crippen LogP contribution in [0.25, 0.3) is 6.08 Å². The number of anilines is 1. The number of rotatable bonds is 7. The normalized spacial score (nSPS) is 11.1. The Bertz CT molecular complexity index is 915. The van der Waals surface area contributed by atoms with Gasteiger partial charge in [-0.1, -0.05) is 0 Å². The highest BCUT2D eigenvalue weighted by Crippen LogP contribution is 2.38. The fourth-order valence-electron chi connectivity index (χ4n) is 2.34. The Kier molecular flexibility index (Phi) is 7.47. The van der Waals surface area contributed by atoms with Crippen molar-refractivity contribution in [3.63, 3.8) is 0 Å². The highest BCUT2D eigenvalue weighted by molar-refractivity contribution is 9.10. The van der Waals surface area contributed by atoms with Gasteiger partial charge >= 0.3 is 0 Å². The van der Waals surface area contributed by atoms with Gasteiger partial charge in [0.1, 0.15) is 17.4 Å². The summed E-state index contributed by atoms with van der Waals surface area (Å²) in [7, 11) is 0. The van der Waals surface area contributed by atoms with Gasteiger partial charge in [0, 0.05) is 5.69 Å². The van der Waals surface area contributed by atoms with Crippen LogP contribution in [0.4, 0.5) is 5.69 Å². The molecule has 1 amide bonds. The highest BCUT2D eigenvalue weighted by Gasteiger charge is 2.15. The summed E-state index contributed by atoms with van der Waals surface area (Å²) in [5.41, 5.74) is 1.02. The molecule has 2 N–H and O–H groups in total. The minimum Gasteiger partial charge on any atom is -0.508 e. The Labute approximate surface area is 172 Å². The van der Waals surface area contributed by atoms with Gasteiger partial charge in [-0.05, 0) is 84.7 Å². The van der Waals surface area contributed by atoms with E-state index in [-0.39, 0.29) is 17.4 Å². The van der Waals surface area contributed by atoms with Crippen LogP contribution in [0.3, 0.4) is 0 Å². The van der Waals surface area contributed by atoms with Gasteiger partial charge in [-0.2, -0.15) is 5.26 Å². The van der Waals surface area contributed by atoms with Crippen LogP contribution in [-0.4, -0.2) is 23.7 Å². The van der Waals surface area contributed by atoms with E-state index in [1.54, 1.807) is 24.3 Å². The third kappa shape index (κ3) is 5.76. The molecule has 7 heteroatoms. The molecule has 0 saturated heterocycles. The van der Waals surface area contributed by atoms with E-state index in [0.717, 1.165) is 0 Å². The Hall–Kier alpha value is -2.98. The van der Waals surface area contributed by atoms with E-state index in [4.69, 9.17) is 9.47 Å². The van der Waals surface area contributed by atoms with E-state index < -0.39 is 5.91 Å². The molecule has 2 rings (SSSR count). The summed E-state index contributed by atoms with van der Waals surface area (Å²) in [6.45, 7) is 6.14. The molecule has 2 aromatic carbocycles. The molecule has 0 saturated carbocycles. The van der Waals surface area contributed by atoms with Gasteiger partial charge in [0.2, 0.25) is 0 Å². The van der Waals surface area contributed by atoms with Crippen molar-refractivity contribution in [1.29, 1.82) is 5.26 Å². The maximum atomic E-state index is 12.4. The molecule has 146 valence electrons. The van der Waals surface area contributed by atoms with Crippen LogP contribution >= 0.6 is 15.9 Å². The number of nitrogens with one attached hydrogen (secondary N) is 1. The third-order valence-electron chi connectivity index (χ3n) is 3.49. The summed E-state index contributed by atoms with van der Waals surface area (Å²) in [5.74, 6) is 0.630. The Morgan fingerprint density at radius 1 is 1.32 bits per heavy atom. The number of benzene rings is 2. The lowest BCUT2D eigenvalue weighted by Crippen LogP contribution is -2.13. The zero-order valence-electron chi connectivity index (χ0n) is 15.8. The molecule has 0 spiro atoms. The maximum Gasteiger partial charge on any atom is 0.266 e. The van der Waals surface area contributed by atoms with Gasteiger partial charge < -0.3 is 19.9 Å². The first-order valence-corrected chi connectivity index (χ1v) is 9.48. The van der Waals surface area contributed by atoms with Crippen molar-refractivity contribution >= 4 is 33.6 Å². The van der Waals surface area contributed by atoms with E-state index in [1.807, 2.05) is 26.8 Å². The summed E-state index contributed by atoms with van der Waals surface area (Å²) < 4.78 is 12.1. The molecule has 28 heavy (non-hydrogen) atoms. The zero-order valence-corrected chi connectivity index (χ0v) is 17.4. The lowest BCUT2D eigenvalue weighted by atomic mass is 10.1. The number of nitrogens with zero attached hydrogens (tertiary/aromatic N) is 1. The van der Waals surface area contributed by atoms with Gasteiger partial charge in [-0.25, -0.2) is 0 Å². The van der Waals surface area contributed by atoms with Gasteiger partial charge in [0.05, 0.1) is 17.2 Å². The van der Waals surface area contributed by atoms with E-state index in [0.29, 0.717) is 33.8 Å². The molecule has 0 aliphatic carbocycles. The van der Waals surface area contributed by atoms with E-state index >= 15 is 0 Å². The minimum atomic E-state index is -0.551. The fraction of sp³-hybridized carbons (Fsp3) is 0.238. The van der Waals surface area contributed by atoms with Crippen molar-refractivity contribution < 1.29 is 19.4 Å². The smallest absolute Gasteiger partial charge is 0.266 e. The molecule has 0 fully saturated rings. The Morgan fingerprint density at radius 2 is 2.00 bits per heavy atom. The molecule has 0 atom stereocenters. The number of phenolic OH excluding ortho intramolecular Hbond substituents is 1. The molecule has 0 aliphatic rings. The molecule has 0 aliphatic heterocycles. The fourth-order valence-corrected chi connectivity index (χ4v) is 2.90. The average Bonchev–Trinajstić information content (AvgIpc) is 2.64. The topological polar surface area (TPSA) is 91.6 Å². The van der Waals surface area contributed by atoms with E-state index in [1.165, 1.54) is 18.2 Å².